The zero-order chi connectivity index (χ0) is 17.8. The molecule has 0 aromatic heterocycles. The summed E-state index contributed by atoms with van der Waals surface area (Å²) in [5.41, 5.74) is -0.506. The van der Waals surface area contributed by atoms with Gasteiger partial charge < -0.3 is 20.3 Å². The number of nitrogens with one attached hydrogen (secondary N) is 1. The number of phenolic OH excluding ortho intramolecular Hbond substituents is 1. The van der Waals surface area contributed by atoms with Crippen LogP contribution in [0.2, 0.25) is 0 Å². The van der Waals surface area contributed by atoms with Gasteiger partial charge in [-0.05, 0) is 45.4 Å². The lowest BCUT2D eigenvalue weighted by molar-refractivity contribution is -0.143. The first-order valence-electron chi connectivity index (χ1n) is 7.06. The average Bonchev–Trinajstić information content (AvgIpc) is 2.38. The molecule has 7 nitrogen and oxygen atoms in total. The van der Waals surface area contributed by atoms with Crippen molar-refractivity contribution in [1.29, 1.82) is 0 Å². The standard InChI is InChI=1S/C16H21NO6/c1-9(17-15(22)23-16(2,3)4)13(19)12(14(20)21)10-5-7-11(18)8-6-10/h5-9,12,18H,1-4H3,(H,17,22)(H,20,21)/t9-,12?/m0/s1. The number of ketones is 1. The highest BCUT2D eigenvalue weighted by atomic mass is 16.6. The second kappa shape index (κ2) is 7.13. The summed E-state index contributed by atoms with van der Waals surface area (Å²) < 4.78 is 5.04. The molecule has 7 heteroatoms. The molecule has 1 unspecified atom stereocenters. The Bertz CT molecular complexity index is 588. The number of hydrogen-bond acceptors (Lipinski definition) is 5. The zero-order valence-corrected chi connectivity index (χ0v) is 13.5. The van der Waals surface area contributed by atoms with Crippen LogP contribution < -0.4 is 5.32 Å². The summed E-state index contributed by atoms with van der Waals surface area (Å²) in [4.78, 5) is 35.5. The Morgan fingerprint density at radius 1 is 1.13 bits per heavy atom. The molecule has 0 bridgehead atoms. The summed E-state index contributed by atoms with van der Waals surface area (Å²) in [5.74, 6) is -3.50. The van der Waals surface area contributed by atoms with E-state index in [0.29, 0.717) is 0 Å². The Balaban J connectivity index is 2.87. The molecule has 1 rings (SSSR count). The zero-order valence-electron chi connectivity index (χ0n) is 13.5. The lowest BCUT2D eigenvalue weighted by atomic mass is 9.91. The quantitative estimate of drug-likeness (QED) is 0.715. The molecule has 0 saturated heterocycles. The number of aliphatic carboxylic acids is 1. The SMILES string of the molecule is C[C@H](NC(=O)OC(C)(C)C)C(=O)C(C(=O)O)c1ccc(O)cc1. The number of benzene rings is 1. The van der Waals surface area contributed by atoms with Crippen molar-refractivity contribution in [2.75, 3.05) is 0 Å². The Kier molecular flexibility index (Phi) is 5.73. The van der Waals surface area contributed by atoms with Crippen LogP contribution in [-0.4, -0.2) is 39.7 Å². The van der Waals surface area contributed by atoms with Gasteiger partial charge in [-0.3, -0.25) is 9.59 Å². The molecule has 23 heavy (non-hydrogen) atoms. The number of alkyl carbamates (subject to hydrolysis) is 1. The summed E-state index contributed by atoms with van der Waals surface area (Å²) in [7, 11) is 0. The van der Waals surface area contributed by atoms with E-state index in [1.54, 1.807) is 20.8 Å². The van der Waals surface area contributed by atoms with Gasteiger partial charge in [0.15, 0.2) is 5.78 Å². The van der Waals surface area contributed by atoms with Gasteiger partial charge in [-0.1, -0.05) is 12.1 Å². The molecule has 0 heterocycles. The summed E-state index contributed by atoms with van der Waals surface area (Å²) >= 11 is 0. The Labute approximate surface area is 134 Å². The smallest absolute Gasteiger partial charge is 0.408 e. The lowest BCUT2D eigenvalue weighted by Gasteiger charge is -2.22. The van der Waals surface area contributed by atoms with E-state index in [1.807, 2.05) is 0 Å². The first kappa shape index (κ1) is 18.5. The average molecular weight is 323 g/mol. The molecule has 1 aromatic carbocycles. The van der Waals surface area contributed by atoms with Crippen molar-refractivity contribution < 1.29 is 29.3 Å². The largest absolute Gasteiger partial charge is 0.508 e. The monoisotopic (exact) mass is 323 g/mol. The van der Waals surface area contributed by atoms with Crippen LogP contribution >= 0.6 is 0 Å². The van der Waals surface area contributed by atoms with Gasteiger partial charge in [0.2, 0.25) is 0 Å². The second-order valence-electron chi connectivity index (χ2n) is 6.13. The highest BCUT2D eigenvalue weighted by Gasteiger charge is 2.33. The van der Waals surface area contributed by atoms with Crippen LogP contribution in [0.25, 0.3) is 0 Å². The predicted octanol–water partition coefficient (Wildman–Crippen LogP) is 2.04. The molecule has 3 N–H and O–H groups in total. The number of rotatable bonds is 5. The molecule has 0 radical (unpaired) electrons. The number of carbonyl (C=O) groups is 3. The topological polar surface area (TPSA) is 113 Å². The van der Waals surface area contributed by atoms with E-state index in [9.17, 15) is 24.6 Å². The van der Waals surface area contributed by atoms with Crippen molar-refractivity contribution in [3.63, 3.8) is 0 Å². The van der Waals surface area contributed by atoms with Crippen molar-refractivity contribution in [2.24, 2.45) is 0 Å². The normalized spacial score (nSPS) is 13.7. The first-order valence-corrected chi connectivity index (χ1v) is 7.06. The molecule has 0 aliphatic carbocycles. The first-order chi connectivity index (χ1) is 10.5. The maximum Gasteiger partial charge on any atom is 0.408 e. The Morgan fingerprint density at radius 2 is 1.65 bits per heavy atom. The molecular formula is C16H21NO6. The van der Waals surface area contributed by atoms with E-state index in [1.165, 1.54) is 31.2 Å². The van der Waals surface area contributed by atoms with E-state index in [0.717, 1.165) is 0 Å². The van der Waals surface area contributed by atoms with Gasteiger partial charge in [0.25, 0.3) is 0 Å². The number of amides is 1. The predicted molar refractivity (Wildman–Crippen MR) is 82.3 cm³/mol. The van der Waals surface area contributed by atoms with E-state index in [2.05, 4.69) is 5.32 Å². The highest BCUT2D eigenvalue weighted by molar-refractivity contribution is 6.06. The Morgan fingerprint density at radius 3 is 2.09 bits per heavy atom. The minimum absolute atomic E-state index is 0.0368. The number of ether oxygens (including phenoxy) is 1. The summed E-state index contributed by atoms with van der Waals surface area (Å²) in [6, 6.07) is 4.26. The van der Waals surface area contributed by atoms with Gasteiger partial charge >= 0.3 is 12.1 Å². The fraction of sp³-hybridized carbons (Fsp3) is 0.438. The van der Waals surface area contributed by atoms with Crippen molar-refractivity contribution in [3.8, 4) is 5.75 Å². The number of hydrogen-bond donors (Lipinski definition) is 3. The lowest BCUT2D eigenvalue weighted by Crippen LogP contribution is -2.44. The molecule has 126 valence electrons. The van der Waals surface area contributed by atoms with Gasteiger partial charge in [0, 0.05) is 0 Å². The summed E-state index contributed by atoms with van der Waals surface area (Å²) in [6.07, 6.45) is -0.798. The van der Waals surface area contributed by atoms with E-state index in [4.69, 9.17) is 4.74 Å². The second-order valence-corrected chi connectivity index (χ2v) is 6.13. The third kappa shape index (κ3) is 5.61. The fourth-order valence-electron chi connectivity index (χ4n) is 1.90. The Hall–Kier alpha value is -2.57. The fourth-order valence-corrected chi connectivity index (χ4v) is 1.90. The molecule has 1 amide bonds. The van der Waals surface area contributed by atoms with Crippen LogP contribution in [0, 0.1) is 0 Å². The van der Waals surface area contributed by atoms with Crippen LogP contribution in [0.1, 0.15) is 39.2 Å². The van der Waals surface area contributed by atoms with Crippen LogP contribution in [-0.2, 0) is 14.3 Å². The summed E-state index contributed by atoms with van der Waals surface area (Å²) in [6.45, 7) is 6.42. The molecule has 1 aromatic rings. The van der Waals surface area contributed by atoms with Crippen LogP contribution in [0.15, 0.2) is 24.3 Å². The minimum atomic E-state index is -1.44. The number of phenols is 1. The van der Waals surface area contributed by atoms with Gasteiger partial charge in [0.05, 0.1) is 6.04 Å². The number of carbonyl (C=O) groups excluding carboxylic acids is 2. The van der Waals surface area contributed by atoms with Crippen molar-refractivity contribution >= 4 is 17.8 Å². The number of Topliss-reactive ketones (excluding diaryl/α,β-unsaturated/α-hetero) is 1. The molecule has 0 aliphatic rings. The van der Waals surface area contributed by atoms with E-state index < -0.39 is 35.4 Å². The van der Waals surface area contributed by atoms with Crippen LogP contribution in [0.3, 0.4) is 0 Å². The molecular weight excluding hydrogens is 302 g/mol. The third-order valence-corrected chi connectivity index (χ3v) is 2.92. The van der Waals surface area contributed by atoms with Crippen molar-refractivity contribution in [2.45, 2.75) is 45.3 Å². The van der Waals surface area contributed by atoms with Crippen molar-refractivity contribution in [3.05, 3.63) is 29.8 Å². The van der Waals surface area contributed by atoms with Crippen LogP contribution in [0.5, 0.6) is 5.75 Å². The van der Waals surface area contributed by atoms with E-state index >= 15 is 0 Å². The molecule has 0 fully saturated rings. The van der Waals surface area contributed by atoms with Gasteiger partial charge in [0.1, 0.15) is 17.3 Å². The molecule has 0 aliphatic heterocycles. The van der Waals surface area contributed by atoms with Crippen molar-refractivity contribution in [1.82, 2.24) is 5.32 Å². The van der Waals surface area contributed by atoms with Gasteiger partial charge in [-0.2, -0.15) is 0 Å². The number of aromatic hydroxyl groups is 1. The maximum absolute atomic E-state index is 12.4. The minimum Gasteiger partial charge on any atom is -0.508 e. The van der Waals surface area contributed by atoms with Gasteiger partial charge in [-0.25, -0.2) is 4.79 Å². The number of carboxylic acid groups (broad SMARTS) is 1. The molecule has 0 saturated carbocycles. The third-order valence-electron chi connectivity index (χ3n) is 2.92. The summed E-state index contributed by atoms with van der Waals surface area (Å²) in [5, 5.41) is 20.9. The molecule has 2 atom stereocenters. The number of carboxylic acids is 1. The molecule has 0 spiro atoms. The van der Waals surface area contributed by atoms with Crippen LogP contribution in [0.4, 0.5) is 4.79 Å². The maximum atomic E-state index is 12.4. The highest BCUT2D eigenvalue weighted by Crippen LogP contribution is 2.21. The van der Waals surface area contributed by atoms with E-state index in [-0.39, 0.29) is 11.3 Å². The van der Waals surface area contributed by atoms with Gasteiger partial charge in [-0.15, -0.1) is 0 Å².